The Balaban J connectivity index is 1.71. The molecule has 1 fully saturated rings. The fourth-order valence-electron chi connectivity index (χ4n) is 2.10. The first-order valence-corrected chi connectivity index (χ1v) is 7.03. The van der Waals surface area contributed by atoms with E-state index in [1.807, 2.05) is 12.4 Å². The molecule has 0 aliphatic heterocycles. The number of aromatic nitrogens is 1. The van der Waals surface area contributed by atoms with Crippen molar-refractivity contribution in [1.29, 1.82) is 0 Å². The quantitative estimate of drug-likeness (QED) is 0.894. The van der Waals surface area contributed by atoms with E-state index in [9.17, 15) is 4.79 Å². The van der Waals surface area contributed by atoms with Gasteiger partial charge in [-0.25, -0.2) is 9.78 Å². The van der Waals surface area contributed by atoms with Crippen LogP contribution in [0.3, 0.4) is 0 Å². The maximum atomic E-state index is 11.9. The van der Waals surface area contributed by atoms with Crippen molar-refractivity contribution in [2.24, 2.45) is 0 Å². The van der Waals surface area contributed by atoms with Crippen molar-refractivity contribution in [2.45, 2.75) is 38.1 Å². The van der Waals surface area contributed by atoms with Gasteiger partial charge in [-0.1, -0.05) is 12.8 Å². The van der Waals surface area contributed by atoms with Crippen molar-refractivity contribution in [2.75, 3.05) is 13.6 Å². The second-order valence-electron chi connectivity index (χ2n) is 4.53. The Morgan fingerprint density at radius 2 is 2.35 bits per heavy atom. The third kappa shape index (κ3) is 3.70. The highest BCUT2D eigenvalue weighted by molar-refractivity contribution is 7.09. The standard InChI is InChI=1S/C12H19N3OS/c1-15(8-6-11-13-7-9-17-11)12(16)14-10-4-2-3-5-10/h7,9-10H,2-6,8H2,1H3,(H,14,16). The Labute approximate surface area is 106 Å². The maximum Gasteiger partial charge on any atom is 0.317 e. The number of urea groups is 1. The Morgan fingerprint density at radius 3 is 3.00 bits per heavy atom. The molecular weight excluding hydrogens is 234 g/mol. The largest absolute Gasteiger partial charge is 0.335 e. The van der Waals surface area contributed by atoms with E-state index in [-0.39, 0.29) is 6.03 Å². The lowest BCUT2D eigenvalue weighted by molar-refractivity contribution is 0.205. The summed E-state index contributed by atoms with van der Waals surface area (Å²) in [4.78, 5) is 17.8. The summed E-state index contributed by atoms with van der Waals surface area (Å²) < 4.78 is 0. The minimum Gasteiger partial charge on any atom is -0.335 e. The van der Waals surface area contributed by atoms with Gasteiger partial charge in [0.1, 0.15) is 0 Å². The van der Waals surface area contributed by atoms with Crippen LogP contribution in [0.4, 0.5) is 4.79 Å². The smallest absolute Gasteiger partial charge is 0.317 e. The van der Waals surface area contributed by atoms with Crippen molar-refractivity contribution in [1.82, 2.24) is 15.2 Å². The summed E-state index contributed by atoms with van der Waals surface area (Å²) in [7, 11) is 1.85. The molecule has 1 aromatic rings. The average Bonchev–Trinajstić information content (AvgIpc) is 2.98. The van der Waals surface area contributed by atoms with Crippen LogP contribution in [0.5, 0.6) is 0 Å². The first-order chi connectivity index (χ1) is 8.25. The third-order valence-electron chi connectivity index (χ3n) is 3.17. The van der Waals surface area contributed by atoms with Gasteiger partial charge < -0.3 is 10.2 Å². The van der Waals surface area contributed by atoms with E-state index < -0.39 is 0 Å². The molecule has 1 N–H and O–H groups in total. The summed E-state index contributed by atoms with van der Waals surface area (Å²) in [5, 5.41) is 6.13. The minimum atomic E-state index is 0.0495. The van der Waals surface area contributed by atoms with Gasteiger partial charge in [0, 0.05) is 37.6 Å². The summed E-state index contributed by atoms with van der Waals surface area (Å²) in [5.74, 6) is 0. The van der Waals surface area contributed by atoms with E-state index in [1.54, 1.807) is 22.4 Å². The molecule has 1 aliphatic rings. The van der Waals surface area contributed by atoms with Crippen molar-refractivity contribution < 1.29 is 4.79 Å². The number of carbonyl (C=O) groups excluding carboxylic acids is 1. The lowest BCUT2D eigenvalue weighted by Gasteiger charge is -2.20. The summed E-state index contributed by atoms with van der Waals surface area (Å²) in [6, 6.07) is 0.443. The molecular formula is C12H19N3OS. The fourth-order valence-corrected chi connectivity index (χ4v) is 2.71. The number of nitrogens with one attached hydrogen (secondary N) is 1. The van der Waals surface area contributed by atoms with Gasteiger partial charge in [0.05, 0.1) is 5.01 Å². The minimum absolute atomic E-state index is 0.0495. The number of carbonyl (C=O) groups is 1. The van der Waals surface area contributed by atoms with E-state index in [1.165, 1.54) is 12.8 Å². The zero-order valence-electron chi connectivity index (χ0n) is 10.2. The van der Waals surface area contributed by atoms with Crippen molar-refractivity contribution in [3.63, 3.8) is 0 Å². The molecule has 1 heterocycles. The molecule has 0 aromatic carbocycles. The monoisotopic (exact) mass is 253 g/mol. The summed E-state index contributed by atoms with van der Waals surface area (Å²) in [6.45, 7) is 0.728. The molecule has 0 bridgehead atoms. The summed E-state index contributed by atoms with van der Waals surface area (Å²) in [6.07, 6.45) is 7.39. The van der Waals surface area contributed by atoms with Crippen molar-refractivity contribution in [3.05, 3.63) is 16.6 Å². The third-order valence-corrected chi connectivity index (χ3v) is 4.01. The van der Waals surface area contributed by atoms with Gasteiger partial charge in [0.15, 0.2) is 0 Å². The second kappa shape index (κ2) is 6.00. The highest BCUT2D eigenvalue weighted by Crippen LogP contribution is 2.17. The predicted molar refractivity (Wildman–Crippen MR) is 69.2 cm³/mol. The van der Waals surface area contributed by atoms with Gasteiger partial charge in [-0.15, -0.1) is 11.3 Å². The number of likely N-dealkylation sites (N-methyl/N-ethyl adjacent to an activating group) is 1. The van der Waals surface area contributed by atoms with Gasteiger partial charge in [-0.2, -0.15) is 0 Å². The Morgan fingerprint density at radius 1 is 1.59 bits per heavy atom. The van der Waals surface area contributed by atoms with E-state index in [2.05, 4.69) is 10.3 Å². The van der Waals surface area contributed by atoms with Gasteiger partial charge in [0.25, 0.3) is 0 Å². The maximum absolute atomic E-state index is 11.9. The Kier molecular flexibility index (Phi) is 4.36. The van der Waals surface area contributed by atoms with E-state index in [0.29, 0.717) is 6.04 Å². The molecule has 0 radical (unpaired) electrons. The molecule has 2 amide bonds. The van der Waals surface area contributed by atoms with Crippen LogP contribution >= 0.6 is 11.3 Å². The van der Waals surface area contributed by atoms with Crippen LogP contribution in [-0.4, -0.2) is 35.5 Å². The van der Waals surface area contributed by atoms with Gasteiger partial charge >= 0.3 is 6.03 Å². The molecule has 1 aromatic heterocycles. The molecule has 0 saturated heterocycles. The van der Waals surface area contributed by atoms with Crippen LogP contribution in [-0.2, 0) is 6.42 Å². The molecule has 0 spiro atoms. The fraction of sp³-hybridized carbons (Fsp3) is 0.667. The molecule has 94 valence electrons. The molecule has 2 rings (SSSR count). The van der Waals surface area contributed by atoms with Crippen LogP contribution in [0.1, 0.15) is 30.7 Å². The summed E-state index contributed by atoms with van der Waals surface area (Å²) >= 11 is 1.64. The molecule has 1 saturated carbocycles. The molecule has 5 heteroatoms. The molecule has 4 nitrogen and oxygen atoms in total. The first kappa shape index (κ1) is 12.4. The highest BCUT2D eigenvalue weighted by atomic mass is 32.1. The van der Waals surface area contributed by atoms with Crippen LogP contribution < -0.4 is 5.32 Å². The van der Waals surface area contributed by atoms with Crippen molar-refractivity contribution in [3.8, 4) is 0 Å². The summed E-state index contributed by atoms with van der Waals surface area (Å²) in [5.41, 5.74) is 0. The second-order valence-corrected chi connectivity index (χ2v) is 5.51. The number of nitrogens with zero attached hydrogens (tertiary/aromatic N) is 2. The first-order valence-electron chi connectivity index (χ1n) is 6.15. The topological polar surface area (TPSA) is 45.2 Å². The zero-order chi connectivity index (χ0) is 12.1. The number of rotatable bonds is 4. The van der Waals surface area contributed by atoms with Gasteiger partial charge in [0.2, 0.25) is 0 Å². The van der Waals surface area contributed by atoms with E-state index >= 15 is 0 Å². The highest BCUT2D eigenvalue weighted by Gasteiger charge is 2.18. The van der Waals surface area contributed by atoms with E-state index in [4.69, 9.17) is 0 Å². The van der Waals surface area contributed by atoms with Crippen molar-refractivity contribution >= 4 is 17.4 Å². The zero-order valence-corrected chi connectivity index (χ0v) is 11.0. The van der Waals surface area contributed by atoms with Crippen LogP contribution in [0.15, 0.2) is 11.6 Å². The van der Waals surface area contributed by atoms with Crippen LogP contribution in [0.25, 0.3) is 0 Å². The van der Waals surface area contributed by atoms with E-state index in [0.717, 1.165) is 30.8 Å². The SMILES string of the molecule is CN(CCc1nccs1)C(=O)NC1CCCC1. The van der Waals surface area contributed by atoms with Crippen LogP contribution in [0, 0.1) is 0 Å². The van der Waals surface area contributed by atoms with Gasteiger partial charge in [-0.3, -0.25) is 0 Å². The van der Waals surface area contributed by atoms with Crippen LogP contribution in [0.2, 0.25) is 0 Å². The molecule has 17 heavy (non-hydrogen) atoms. The number of hydrogen-bond acceptors (Lipinski definition) is 3. The normalized spacial score (nSPS) is 16.1. The number of hydrogen-bond donors (Lipinski definition) is 1. The lowest BCUT2D eigenvalue weighted by atomic mass is 10.2. The number of amides is 2. The molecule has 0 atom stereocenters. The molecule has 1 aliphatic carbocycles. The molecule has 0 unspecified atom stereocenters. The average molecular weight is 253 g/mol. The number of thiazole rings is 1. The Hall–Kier alpha value is -1.10. The predicted octanol–water partition coefficient (Wildman–Crippen LogP) is 2.27. The van der Waals surface area contributed by atoms with Gasteiger partial charge in [-0.05, 0) is 12.8 Å². The lowest BCUT2D eigenvalue weighted by Crippen LogP contribution is -2.42. The Bertz CT molecular complexity index is 347.